The number of amides is 1. The molecule has 30 heavy (non-hydrogen) atoms. The van der Waals surface area contributed by atoms with Crippen molar-refractivity contribution in [3.8, 4) is 5.75 Å². The van der Waals surface area contributed by atoms with E-state index in [1.807, 2.05) is 0 Å². The van der Waals surface area contributed by atoms with Gasteiger partial charge in [-0.15, -0.1) is 0 Å². The number of esters is 1. The fraction of sp³-hybridized carbons (Fsp3) is 0.190. The van der Waals surface area contributed by atoms with Crippen molar-refractivity contribution in [1.82, 2.24) is 5.32 Å². The monoisotopic (exact) mass is 464 g/mol. The summed E-state index contributed by atoms with van der Waals surface area (Å²) >= 11 is 13.1. The summed E-state index contributed by atoms with van der Waals surface area (Å²) in [7, 11) is 0. The fourth-order valence-electron chi connectivity index (χ4n) is 2.40. The van der Waals surface area contributed by atoms with Gasteiger partial charge in [-0.2, -0.15) is 0 Å². The highest BCUT2D eigenvalue weighted by atomic mass is 35.5. The molecule has 1 heterocycles. The zero-order valence-corrected chi connectivity index (χ0v) is 18.5. The Balaban J connectivity index is 1.63. The molecule has 0 unspecified atom stereocenters. The smallest absolute Gasteiger partial charge is 0.344 e. The summed E-state index contributed by atoms with van der Waals surface area (Å²) in [4.78, 5) is 28.6. The summed E-state index contributed by atoms with van der Waals surface area (Å²) in [5, 5.41) is 4.00. The van der Waals surface area contributed by atoms with E-state index in [2.05, 4.69) is 10.3 Å². The van der Waals surface area contributed by atoms with Gasteiger partial charge in [-0.1, -0.05) is 35.3 Å². The van der Waals surface area contributed by atoms with Gasteiger partial charge >= 0.3 is 5.97 Å². The van der Waals surface area contributed by atoms with E-state index in [0.29, 0.717) is 31.6 Å². The predicted octanol–water partition coefficient (Wildman–Crippen LogP) is 5.22. The van der Waals surface area contributed by atoms with Gasteiger partial charge in [-0.25, -0.2) is 9.79 Å². The zero-order chi connectivity index (χ0) is 21.7. The summed E-state index contributed by atoms with van der Waals surface area (Å²) in [6, 6.07) is 12.0. The largest absolute Gasteiger partial charge is 0.482 e. The highest BCUT2D eigenvalue weighted by Gasteiger charge is 2.23. The molecule has 2 aromatic rings. The van der Waals surface area contributed by atoms with Crippen LogP contribution < -0.4 is 10.1 Å². The third-order valence-corrected chi connectivity index (χ3v) is 5.34. The lowest BCUT2D eigenvalue weighted by Crippen LogP contribution is -2.19. The minimum atomic E-state index is -0.427. The molecule has 9 heteroatoms. The number of nitrogens with zero attached hydrogens (tertiary/aromatic N) is 1. The number of amidine groups is 1. The number of rotatable bonds is 6. The first-order chi connectivity index (χ1) is 14.3. The minimum Gasteiger partial charge on any atom is -0.482 e. The molecule has 0 saturated carbocycles. The van der Waals surface area contributed by atoms with Gasteiger partial charge in [0.2, 0.25) is 0 Å². The summed E-state index contributed by atoms with van der Waals surface area (Å²) in [5.41, 5.74) is 1.39. The molecule has 3 rings (SSSR count). The number of aliphatic imine (C=N–C) groups is 1. The summed E-state index contributed by atoms with van der Waals surface area (Å²) in [5.74, 6) is -0.136. The molecule has 6 nitrogen and oxygen atoms in total. The highest BCUT2D eigenvalue weighted by Crippen LogP contribution is 2.31. The number of carbonyl (C=O) groups is 2. The Labute approximate surface area is 188 Å². The Morgan fingerprint density at radius 1 is 1.17 bits per heavy atom. The van der Waals surface area contributed by atoms with E-state index in [1.165, 1.54) is 11.8 Å². The Morgan fingerprint density at radius 3 is 2.57 bits per heavy atom. The third kappa shape index (κ3) is 6.26. The molecule has 156 valence electrons. The van der Waals surface area contributed by atoms with Crippen molar-refractivity contribution in [3.05, 3.63) is 63.0 Å². The van der Waals surface area contributed by atoms with Crippen molar-refractivity contribution in [2.45, 2.75) is 20.0 Å². The lowest BCUT2D eigenvalue weighted by atomic mass is 10.2. The Kier molecular flexibility index (Phi) is 7.42. The molecular formula is C21H18Cl2N2O4S. The molecule has 0 bridgehead atoms. The van der Waals surface area contributed by atoms with Crippen LogP contribution in [0.3, 0.4) is 0 Å². The number of carbonyl (C=O) groups excluding carboxylic acids is 2. The van der Waals surface area contributed by atoms with Crippen molar-refractivity contribution in [2.75, 3.05) is 6.61 Å². The molecule has 1 aliphatic heterocycles. The molecule has 0 aliphatic carbocycles. The molecule has 1 aliphatic rings. The number of nitrogens with one attached hydrogen (secondary N) is 1. The predicted molar refractivity (Wildman–Crippen MR) is 120 cm³/mol. The van der Waals surface area contributed by atoms with E-state index in [1.54, 1.807) is 62.4 Å². The summed E-state index contributed by atoms with van der Waals surface area (Å²) in [6.07, 6.45) is 1.56. The quantitative estimate of drug-likeness (QED) is 0.468. The lowest BCUT2D eigenvalue weighted by molar-refractivity contribution is -0.149. The van der Waals surface area contributed by atoms with Gasteiger partial charge in [0.1, 0.15) is 5.75 Å². The van der Waals surface area contributed by atoms with Crippen molar-refractivity contribution < 1.29 is 19.1 Å². The maximum absolute atomic E-state index is 12.2. The average Bonchev–Trinajstić information content (AvgIpc) is 3.02. The number of hydrogen-bond donors (Lipinski definition) is 1. The second-order valence-corrected chi connectivity index (χ2v) is 8.32. The normalized spacial score (nSPS) is 16.2. The van der Waals surface area contributed by atoms with E-state index < -0.39 is 5.97 Å². The van der Waals surface area contributed by atoms with E-state index in [0.717, 1.165) is 5.56 Å². The van der Waals surface area contributed by atoms with Crippen LogP contribution in [0.25, 0.3) is 6.08 Å². The second kappa shape index (κ2) is 10.0. The molecule has 1 N–H and O–H groups in total. The molecule has 0 atom stereocenters. The minimum absolute atomic E-state index is 0.161. The standard InChI is InChI=1S/C21H18Cl2N2O4S/c1-12(2)29-19(26)11-28-15-6-3-13(4-7-15)9-18-20(27)25-21(30-18)24-14-5-8-16(22)17(23)10-14/h3-10,12H,11H2,1-2H3,(H,24,25,27)/b18-9-. The molecule has 1 amide bonds. The number of hydrogen-bond acceptors (Lipinski definition) is 6. The van der Waals surface area contributed by atoms with Crippen molar-refractivity contribution >= 4 is 63.8 Å². The number of ether oxygens (including phenoxy) is 2. The molecule has 0 aromatic heterocycles. The maximum atomic E-state index is 12.2. The summed E-state index contributed by atoms with van der Waals surface area (Å²) < 4.78 is 10.4. The van der Waals surface area contributed by atoms with Crippen LogP contribution in [0.15, 0.2) is 52.4 Å². The first kappa shape index (κ1) is 22.2. The number of benzene rings is 2. The highest BCUT2D eigenvalue weighted by molar-refractivity contribution is 8.18. The van der Waals surface area contributed by atoms with E-state index in [4.69, 9.17) is 32.7 Å². The van der Waals surface area contributed by atoms with Crippen LogP contribution in [0.5, 0.6) is 5.75 Å². The first-order valence-electron chi connectivity index (χ1n) is 8.97. The number of halogens is 2. The van der Waals surface area contributed by atoms with Crippen LogP contribution in [0.1, 0.15) is 19.4 Å². The molecule has 1 fully saturated rings. The molecular weight excluding hydrogens is 447 g/mol. The Hall–Kier alpha value is -2.48. The molecule has 0 spiro atoms. The Bertz CT molecular complexity index is 1020. The average molecular weight is 465 g/mol. The van der Waals surface area contributed by atoms with Gasteiger partial charge in [0.05, 0.1) is 26.7 Å². The van der Waals surface area contributed by atoms with Crippen molar-refractivity contribution in [1.29, 1.82) is 0 Å². The molecule has 2 aromatic carbocycles. The zero-order valence-electron chi connectivity index (χ0n) is 16.1. The topological polar surface area (TPSA) is 77.0 Å². The van der Waals surface area contributed by atoms with Gasteiger partial charge in [-0.3, -0.25) is 4.79 Å². The van der Waals surface area contributed by atoms with Crippen LogP contribution >= 0.6 is 35.0 Å². The van der Waals surface area contributed by atoms with E-state index in [-0.39, 0.29) is 18.6 Å². The maximum Gasteiger partial charge on any atom is 0.344 e. The van der Waals surface area contributed by atoms with Gasteiger partial charge in [0, 0.05) is 0 Å². The third-order valence-electron chi connectivity index (χ3n) is 3.69. The molecule has 0 radical (unpaired) electrons. The first-order valence-corrected chi connectivity index (χ1v) is 10.5. The van der Waals surface area contributed by atoms with Crippen LogP contribution in [0.2, 0.25) is 10.0 Å². The van der Waals surface area contributed by atoms with Gasteiger partial charge in [0.15, 0.2) is 11.8 Å². The second-order valence-electron chi connectivity index (χ2n) is 6.48. The van der Waals surface area contributed by atoms with E-state index in [9.17, 15) is 9.59 Å². The van der Waals surface area contributed by atoms with Crippen LogP contribution in [0.4, 0.5) is 5.69 Å². The fourth-order valence-corrected chi connectivity index (χ4v) is 3.54. The lowest BCUT2D eigenvalue weighted by Gasteiger charge is -2.09. The SMILES string of the molecule is CC(C)OC(=O)COc1ccc(/C=C2\SC(=Nc3ccc(Cl)c(Cl)c3)NC2=O)cc1. The van der Waals surface area contributed by atoms with Gasteiger partial charge in [0.25, 0.3) is 5.91 Å². The van der Waals surface area contributed by atoms with Crippen LogP contribution in [0, 0.1) is 0 Å². The number of thioether (sulfide) groups is 1. The molecule has 1 saturated heterocycles. The van der Waals surface area contributed by atoms with E-state index >= 15 is 0 Å². The van der Waals surface area contributed by atoms with Gasteiger partial charge in [-0.05, 0) is 67.6 Å². The van der Waals surface area contributed by atoms with Gasteiger partial charge < -0.3 is 14.8 Å². The summed E-state index contributed by atoms with van der Waals surface area (Å²) in [6.45, 7) is 3.39. The van der Waals surface area contributed by atoms with Crippen molar-refractivity contribution in [2.24, 2.45) is 4.99 Å². The Morgan fingerprint density at radius 2 is 1.90 bits per heavy atom. The van der Waals surface area contributed by atoms with Crippen molar-refractivity contribution in [3.63, 3.8) is 0 Å². The van der Waals surface area contributed by atoms with Crippen LogP contribution in [-0.2, 0) is 14.3 Å². The van der Waals surface area contributed by atoms with Crippen LogP contribution in [-0.4, -0.2) is 29.8 Å².